The van der Waals surface area contributed by atoms with Gasteiger partial charge in [0.1, 0.15) is 4.32 Å². The third-order valence-electron chi connectivity index (χ3n) is 2.22. The molecule has 1 rings (SSSR count). The fourth-order valence-electron chi connectivity index (χ4n) is 1.47. The van der Waals surface area contributed by atoms with Crippen molar-refractivity contribution >= 4 is 34.2 Å². The van der Waals surface area contributed by atoms with Gasteiger partial charge < -0.3 is 10.2 Å². The largest absolute Gasteiger partial charge is 0.367 e. The Morgan fingerprint density at radius 3 is 3.13 bits per heavy atom. The molecule has 3 nitrogen and oxygen atoms in total. The monoisotopic (exact) mass is 244 g/mol. The third kappa shape index (κ3) is 3.83. The quantitative estimate of drug-likeness (QED) is 0.603. The van der Waals surface area contributed by atoms with Crippen molar-refractivity contribution in [2.45, 2.75) is 25.1 Å². The first kappa shape index (κ1) is 12.5. The molecule has 1 aliphatic rings. The summed E-state index contributed by atoms with van der Waals surface area (Å²) in [6, 6.07) is 0. The summed E-state index contributed by atoms with van der Waals surface area (Å²) in [6.45, 7) is 7.15. The van der Waals surface area contributed by atoms with Crippen molar-refractivity contribution in [2.24, 2.45) is 0 Å². The molecule has 0 spiro atoms. The van der Waals surface area contributed by atoms with E-state index in [2.05, 4.69) is 11.9 Å². The fraction of sp³-hybridized carbons (Fsp3) is 0.600. The molecule has 5 heteroatoms. The van der Waals surface area contributed by atoms with Crippen LogP contribution in [0.1, 0.15) is 19.8 Å². The molecule has 1 amide bonds. The van der Waals surface area contributed by atoms with Crippen LogP contribution in [-0.4, -0.2) is 33.6 Å². The topological polar surface area (TPSA) is 32.3 Å². The lowest BCUT2D eigenvalue weighted by Gasteiger charge is -2.23. The van der Waals surface area contributed by atoms with Gasteiger partial charge in [0, 0.05) is 19.5 Å². The smallest absolute Gasteiger partial charge is 0.223 e. The molecule has 0 aromatic carbocycles. The normalized spacial score (nSPS) is 17.7. The number of thiocarbonyl (C=S) groups is 1. The summed E-state index contributed by atoms with van der Waals surface area (Å²) < 4.78 is 0.724. The van der Waals surface area contributed by atoms with Crippen molar-refractivity contribution in [3.8, 4) is 0 Å². The Labute approximate surface area is 100 Å². The second kappa shape index (κ2) is 6.12. The average molecular weight is 244 g/mol. The van der Waals surface area contributed by atoms with E-state index < -0.39 is 0 Å². The Bertz CT molecular complexity index is 268. The lowest BCUT2D eigenvalue weighted by molar-refractivity contribution is -0.128. The molecular formula is C10H16N2OS2. The van der Waals surface area contributed by atoms with Crippen LogP contribution >= 0.6 is 24.0 Å². The number of amides is 1. The first-order chi connectivity index (χ1) is 7.15. The van der Waals surface area contributed by atoms with Gasteiger partial charge in [-0.25, -0.2) is 0 Å². The molecule has 0 radical (unpaired) electrons. The van der Waals surface area contributed by atoms with Crippen molar-refractivity contribution in [3.05, 3.63) is 12.7 Å². The predicted molar refractivity (Wildman–Crippen MR) is 68.8 cm³/mol. The van der Waals surface area contributed by atoms with E-state index in [4.69, 9.17) is 12.2 Å². The molecule has 0 aromatic rings. The molecule has 0 bridgehead atoms. The zero-order valence-corrected chi connectivity index (χ0v) is 10.5. The van der Waals surface area contributed by atoms with Gasteiger partial charge in [0.15, 0.2) is 0 Å². The number of carbonyl (C=O) groups excluding carboxylic acids is 1. The number of rotatable bonds is 4. The molecule has 0 unspecified atom stereocenters. The molecule has 0 aliphatic carbocycles. The van der Waals surface area contributed by atoms with Gasteiger partial charge in [-0.05, 0) is 13.3 Å². The fourth-order valence-corrected chi connectivity index (χ4v) is 2.80. The maximum absolute atomic E-state index is 11.4. The van der Waals surface area contributed by atoms with E-state index in [1.54, 1.807) is 6.08 Å². The van der Waals surface area contributed by atoms with Crippen LogP contribution in [0.25, 0.3) is 0 Å². The van der Waals surface area contributed by atoms with E-state index in [1.807, 2.05) is 11.8 Å². The number of nitrogens with one attached hydrogen (secondary N) is 1. The van der Waals surface area contributed by atoms with Crippen molar-refractivity contribution in [1.82, 2.24) is 10.2 Å². The van der Waals surface area contributed by atoms with Crippen LogP contribution in [0.4, 0.5) is 0 Å². The summed E-state index contributed by atoms with van der Waals surface area (Å²) in [5, 5.41) is 3.17. The van der Waals surface area contributed by atoms with E-state index in [0.29, 0.717) is 13.0 Å². The van der Waals surface area contributed by atoms with Crippen molar-refractivity contribution in [2.75, 3.05) is 13.1 Å². The Morgan fingerprint density at radius 1 is 1.87 bits per heavy atom. The number of nitrogens with zero attached hydrogens (tertiary/aromatic N) is 1. The summed E-state index contributed by atoms with van der Waals surface area (Å²) in [6.07, 6.45) is 3.41. The second-order valence-corrected chi connectivity index (χ2v) is 5.36. The molecule has 0 aromatic heterocycles. The summed E-state index contributed by atoms with van der Waals surface area (Å²) in [5.74, 6) is 0.238. The van der Waals surface area contributed by atoms with Gasteiger partial charge in [0.25, 0.3) is 0 Å². The predicted octanol–water partition coefficient (Wildman–Crippen LogP) is 1.75. The standard InChI is InChI=1S/C10H16N2OS2/c1-3-6-11-10(14)15-8(2)12-7-4-5-9(12)13/h3,8H,1,4-7H2,2H3,(H,11,14)/t8-/m1/s1. The Kier molecular flexibility index (Phi) is 5.11. The first-order valence-corrected chi connectivity index (χ1v) is 6.28. The van der Waals surface area contributed by atoms with Gasteiger partial charge in [0.2, 0.25) is 5.91 Å². The number of hydrogen-bond acceptors (Lipinski definition) is 3. The Hall–Kier alpha value is -0.550. The molecule has 1 fully saturated rings. The average Bonchev–Trinajstić information content (AvgIpc) is 2.61. The second-order valence-electron chi connectivity index (χ2n) is 3.36. The van der Waals surface area contributed by atoms with Crippen LogP contribution in [0, 0.1) is 0 Å². The van der Waals surface area contributed by atoms with E-state index in [9.17, 15) is 4.79 Å². The van der Waals surface area contributed by atoms with E-state index >= 15 is 0 Å². The van der Waals surface area contributed by atoms with E-state index in [0.717, 1.165) is 17.3 Å². The molecule has 0 saturated carbocycles. The third-order valence-corrected chi connectivity index (χ3v) is 3.60. The summed E-state index contributed by atoms with van der Waals surface area (Å²) >= 11 is 6.65. The van der Waals surface area contributed by atoms with Gasteiger partial charge >= 0.3 is 0 Å². The molecule has 1 aliphatic heterocycles. The minimum absolute atomic E-state index is 0.129. The maximum atomic E-state index is 11.4. The zero-order chi connectivity index (χ0) is 11.3. The molecule has 1 saturated heterocycles. The Morgan fingerprint density at radius 2 is 2.60 bits per heavy atom. The van der Waals surface area contributed by atoms with Crippen LogP contribution in [-0.2, 0) is 4.79 Å². The summed E-state index contributed by atoms with van der Waals surface area (Å²) in [7, 11) is 0. The van der Waals surface area contributed by atoms with Gasteiger partial charge in [-0.2, -0.15) is 0 Å². The molecule has 84 valence electrons. The number of hydrogen-bond donors (Lipinski definition) is 1. The number of thioether (sulfide) groups is 1. The van der Waals surface area contributed by atoms with Gasteiger partial charge in [-0.1, -0.05) is 30.1 Å². The molecular weight excluding hydrogens is 228 g/mol. The minimum atomic E-state index is 0.129. The lowest BCUT2D eigenvalue weighted by atomic mass is 10.4. The highest BCUT2D eigenvalue weighted by Gasteiger charge is 2.25. The molecule has 1 N–H and O–H groups in total. The van der Waals surface area contributed by atoms with E-state index in [-0.39, 0.29) is 11.3 Å². The minimum Gasteiger partial charge on any atom is -0.367 e. The van der Waals surface area contributed by atoms with E-state index in [1.165, 1.54) is 11.8 Å². The van der Waals surface area contributed by atoms with Crippen molar-refractivity contribution in [3.63, 3.8) is 0 Å². The lowest BCUT2D eigenvalue weighted by Crippen LogP contribution is -2.34. The van der Waals surface area contributed by atoms with Crippen LogP contribution in [0.5, 0.6) is 0 Å². The molecule has 1 atom stereocenters. The Balaban J connectivity index is 2.34. The van der Waals surface area contributed by atoms with Crippen LogP contribution in [0.3, 0.4) is 0 Å². The van der Waals surface area contributed by atoms with Crippen LogP contribution < -0.4 is 5.32 Å². The van der Waals surface area contributed by atoms with Crippen molar-refractivity contribution < 1.29 is 4.79 Å². The van der Waals surface area contributed by atoms with Crippen molar-refractivity contribution in [1.29, 1.82) is 0 Å². The van der Waals surface area contributed by atoms with Gasteiger partial charge in [-0.3, -0.25) is 4.79 Å². The number of carbonyl (C=O) groups is 1. The summed E-state index contributed by atoms with van der Waals surface area (Å²) in [4.78, 5) is 13.3. The highest BCUT2D eigenvalue weighted by atomic mass is 32.2. The molecule has 1 heterocycles. The first-order valence-electron chi connectivity index (χ1n) is 5.00. The SMILES string of the molecule is C=CCNC(=S)S[C@H](C)N1CCCC1=O. The number of likely N-dealkylation sites (tertiary alicyclic amines) is 1. The van der Waals surface area contributed by atoms with Gasteiger partial charge in [-0.15, -0.1) is 6.58 Å². The van der Waals surface area contributed by atoms with Crippen LogP contribution in [0.15, 0.2) is 12.7 Å². The summed E-state index contributed by atoms with van der Waals surface area (Å²) in [5.41, 5.74) is 0. The molecule has 15 heavy (non-hydrogen) atoms. The van der Waals surface area contributed by atoms with Gasteiger partial charge in [0.05, 0.1) is 5.37 Å². The zero-order valence-electron chi connectivity index (χ0n) is 8.86. The van der Waals surface area contributed by atoms with Crippen LogP contribution in [0.2, 0.25) is 0 Å². The highest BCUT2D eigenvalue weighted by molar-refractivity contribution is 8.23. The highest BCUT2D eigenvalue weighted by Crippen LogP contribution is 2.21. The maximum Gasteiger partial charge on any atom is 0.223 e.